The lowest BCUT2D eigenvalue weighted by atomic mass is 10.1. The van der Waals surface area contributed by atoms with Gasteiger partial charge in [0, 0.05) is 0 Å². The van der Waals surface area contributed by atoms with E-state index in [-0.39, 0.29) is 0 Å². The first kappa shape index (κ1) is 17.4. The third-order valence-corrected chi connectivity index (χ3v) is 2.04. The molecule has 1 aromatic carbocycles. The molecule has 0 fully saturated rings. The minimum Gasteiger partial charge on any atom is -0.0955 e. The highest BCUT2D eigenvalue weighted by Gasteiger charge is 1.89. The molecule has 1 aromatic rings. The molecule has 0 aliphatic rings. The molecule has 0 saturated heterocycles. The number of benzene rings is 1. The van der Waals surface area contributed by atoms with Gasteiger partial charge in [0.2, 0.25) is 0 Å². The Bertz CT molecular complexity index is 252. The maximum Gasteiger partial charge on any atom is -0.0233 e. The summed E-state index contributed by atoms with van der Waals surface area (Å²) in [5, 5.41) is 0. The van der Waals surface area contributed by atoms with Crippen molar-refractivity contribution in [1.29, 1.82) is 0 Å². The summed E-state index contributed by atoms with van der Waals surface area (Å²) in [6.07, 6.45) is 2.64. The third kappa shape index (κ3) is 9.51. The van der Waals surface area contributed by atoms with Gasteiger partial charge in [-0.05, 0) is 19.4 Å². The standard InChI is InChI=1S/C10H12.C4H10.C2H6/c1-8(2)10-6-4-9(3)5-7-10;1-3-4-2;1-2/h4-7H,1H2,2-3H3;3-4H2,1-2H3;1-2H3. The average molecular weight is 220 g/mol. The summed E-state index contributed by atoms with van der Waals surface area (Å²) in [4.78, 5) is 0. The van der Waals surface area contributed by atoms with Gasteiger partial charge in [0.05, 0.1) is 0 Å². The highest BCUT2D eigenvalue weighted by atomic mass is 13.9. The van der Waals surface area contributed by atoms with Gasteiger partial charge >= 0.3 is 0 Å². The first-order valence-corrected chi connectivity index (χ1v) is 6.34. The van der Waals surface area contributed by atoms with Crippen molar-refractivity contribution in [3.8, 4) is 0 Å². The summed E-state index contributed by atoms with van der Waals surface area (Å²) in [5.74, 6) is 0. The Kier molecular flexibility index (Phi) is 13.1. The average Bonchev–Trinajstić information content (AvgIpc) is 2.32. The predicted octanol–water partition coefficient (Wildman–Crippen LogP) is 5.86. The zero-order valence-corrected chi connectivity index (χ0v) is 11.9. The summed E-state index contributed by atoms with van der Waals surface area (Å²) in [7, 11) is 0. The van der Waals surface area contributed by atoms with E-state index in [2.05, 4.69) is 51.6 Å². The summed E-state index contributed by atoms with van der Waals surface area (Å²) < 4.78 is 0. The number of hydrogen-bond donors (Lipinski definition) is 0. The lowest BCUT2D eigenvalue weighted by Gasteiger charge is -1.98. The van der Waals surface area contributed by atoms with Gasteiger partial charge < -0.3 is 0 Å². The Hall–Kier alpha value is -1.04. The van der Waals surface area contributed by atoms with Crippen LogP contribution < -0.4 is 0 Å². The minimum absolute atomic E-state index is 1.13. The largest absolute Gasteiger partial charge is 0.0955 e. The maximum absolute atomic E-state index is 3.86. The predicted molar refractivity (Wildman–Crippen MR) is 77.8 cm³/mol. The molecule has 0 aromatic heterocycles. The quantitative estimate of drug-likeness (QED) is 0.585. The van der Waals surface area contributed by atoms with E-state index < -0.39 is 0 Å². The zero-order chi connectivity index (χ0) is 13.0. The summed E-state index contributed by atoms with van der Waals surface area (Å²) >= 11 is 0. The van der Waals surface area contributed by atoms with Crippen LogP contribution in [-0.4, -0.2) is 0 Å². The van der Waals surface area contributed by atoms with Gasteiger partial charge in [-0.15, -0.1) is 0 Å². The van der Waals surface area contributed by atoms with Crippen LogP contribution in [0.5, 0.6) is 0 Å². The van der Waals surface area contributed by atoms with E-state index in [0.29, 0.717) is 0 Å². The Morgan fingerprint density at radius 2 is 1.38 bits per heavy atom. The molecule has 16 heavy (non-hydrogen) atoms. The number of rotatable bonds is 2. The normalized spacial score (nSPS) is 8.12. The Balaban J connectivity index is 0. The molecule has 0 N–H and O–H groups in total. The van der Waals surface area contributed by atoms with Gasteiger partial charge in [-0.1, -0.05) is 82.5 Å². The van der Waals surface area contributed by atoms with Crippen LogP contribution in [0.15, 0.2) is 30.8 Å². The van der Waals surface area contributed by atoms with Gasteiger partial charge in [0.1, 0.15) is 0 Å². The van der Waals surface area contributed by atoms with Gasteiger partial charge in [0.15, 0.2) is 0 Å². The second kappa shape index (κ2) is 12.0. The van der Waals surface area contributed by atoms with Crippen LogP contribution in [0.2, 0.25) is 0 Å². The first-order chi connectivity index (χ1) is 7.61. The van der Waals surface area contributed by atoms with Crippen molar-refractivity contribution >= 4 is 5.57 Å². The first-order valence-electron chi connectivity index (χ1n) is 6.34. The van der Waals surface area contributed by atoms with Gasteiger partial charge in [-0.2, -0.15) is 0 Å². The third-order valence-electron chi connectivity index (χ3n) is 2.04. The highest BCUT2D eigenvalue weighted by Crippen LogP contribution is 2.11. The summed E-state index contributed by atoms with van der Waals surface area (Å²) in [6, 6.07) is 8.39. The lowest BCUT2D eigenvalue weighted by Crippen LogP contribution is -1.76. The number of aryl methyl sites for hydroxylation is 1. The smallest absolute Gasteiger partial charge is 0.0233 e. The Labute approximate surface area is 102 Å². The fourth-order valence-electron chi connectivity index (χ4n) is 0.838. The molecule has 0 bridgehead atoms. The van der Waals surface area contributed by atoms with Crippen molar-refractivity contribution in [1.82, 2.24) is 0 Å². The van der Waals surface area contributed by atoms with Crippen molar-refractivity contribution in [2.45, 2.75) is 54.4 Å². The molecule has 0 spiro atoms. The molecule has 0 amide bonds. The molecule has 0 radical (unpaired) electrons. The SMILES string of the molecule is C=C(C)c1ccc(C)cc1.CC.CCCC. The molecule has 1 rings (SSSR count). The highest BCUT2D eigenvalue weighted by molar-refractivity contribution is 5.61. The number of hydrogen-bond acceptors (Lipinski definition) is 0. The van der Waals surface area contributed by atoms with Crippen LogP contribution in [0.3, 0.4) is 0 Å². The van der Waals surface area contributed by atoms with Crippen LogP contribution in [-0.2, 0) is 0 Å². The van der Waals surface area contributed by atoms with Crippen LogP contribution in [0.25, 0.3) is 5.57 Å². The summed E-state index contributed by atoms with van der Waals surface area (Å²) in [6.45, 7) is 16.3. The number of unbranched alkanes of at least 4 members (excludes halogenated alkanes) is 1. The van der Waals surface area contributed by atoms with Crippen LogP contribution in [0.1, 0.15) is 58.6 Å². The zero-order valence-electron chi connectivity index (χ0n) is 11.9. The number of allylic oxidation sites excluding steroid dienone is 1. The van der Waals surface area contributed by atoms with E-state index in [1.165, 1.54) is 24.0 Å². The van der Waals surface area contributed by atoms with E-state index in [1.807, 2.05) is 20.8 Å². The molecule has 92 valence electrons. The van der Waals surface area contributed by atoms with Crippen molar-refractivity contribution < 1.29 is 0 Å². The van der Waals surface area contributed by atoms with E-state index in [4.69, 9.17) is 0 Å². The fraction of sp³-hybridized carbons (Fsp3) is 0.500. The fourth-order valence-corrected chi connectivity index (χ4v) is 0.838. The molecule has 0 aliphatic heterocycles. The van der Waals surface area contributed by atoms with Crippen molar-refractivity contribution in [2.24, 2.45) is 0 Å². The van der Waals surface area contributed by atoms with Gasteiger partial charge in [0.25, 0.3) is 0 Å². The molecule has 0 saturated carbocycles. The van der Waals surface area contributed by atoms with Crippen molar-refractivity contribution in [3.63, 3.8) is 0 Å². The van der Waals surface area contributed by atoms with Crippen LogP contribution in [0.4, 0.5) is 0 Å². The molecule has 0 unspecified atom stereocenters. The molecule has 0 heterocycles. The maximum atomic E-state index is 3.86. The Morgan fingerprint density at radius 3 is 1.62 bits per heavy atom. The minimum atomic E-state index is 1.13. The molecule has 0 atom stereocenters. The van der Waals surface area contributed by atoms with Gasteiger partial charge in [-0.25, -0.2) is 0 Å². The van der Waals surface area contributed by atoms with E-state index in [9.17, 15) is 0 Å². The molecule has 0 heteroatoms. The van der Waals surface area contributed by atoms with Crippen molar-refractivity contribution in [2.75, 3.05) is 0 Å². The topological polar surface area (TPSA) is 0 Å². The van der Waals surface area contributed by atoms with E-state index in [1.54, 1.807) is 0 Å². The molecule has 0 nitrogen and oxygen atoms in total. The van der Waals surface area contributed by atoms with Crippen LogP contribution >= 0.6 is 0 Å². The lowest BCUT2D eigenvalue weighted by molar-refractivity contribution is 0.886. The van der Waals surface area contributed by atoms with Gasteiger partial charge in [-0.3, -0.25) is 0 Å². The monoisotopic (exact) mass is 220 g/mol. The molecular formula is C16H28. The molecular weight excluding hydrogens is 192 g/mol. The molecule has 0 aliphatic carbocycles. The van der Waals surface area contributed by atoms with E-state index >= 15 is 0 Å². The Morgan fingerprint density at radius 1 is 1.00 bits per heavy atom. The second-order valence-electron chi connectivity index (χ2n) is 3.65. The van der Waals surface area contributed by atoms with Crippen LogP contribution in [0, 0.1) is 6.92 Å². The van der Waals surface area contributed by atoms with E-state index in [0.717, 1.165) is 5.57 Å². The second-order valence-corrected chi connectivity index (χ2v) is 3.65. The summed E-state index contributed by atoms with van der Waals surface area (Å²) in [5.41, 5.74) is 3.65. The van der Waals surface area contributed by atoms with Crippen molar-refractivity contribution in [3.05, 3.63) is 42.0 Å².